The van der Waals surface area contributed by atoms with Crippen molar-refractivity contribution >= 4 is 0 Å². The van der Waals surface area contributed by atoms with E-state index in [0.29, 0.717) is 6.04 Å². The molecule has 90 valence electrons. The Kier molecular flexibility index (Phi) is 5.84. The molecule has 0 aliphatic carbocycles. The summed E-state index contributed by atoms with van der Waals surface area (Å²) in [7, 11) is 0. The fraction of sp³-hybridized carbons (Fsp3) is 0.357. The number of nitrogens with one attached hydrogen (secondary N) is 1. The van der Waals surface area contributed by atoms with Crippen molar-refractivity contribution in [3.05, 3.63) is 42.5 Å². The maximum Gasteiger partial charge on any atom is 0.174 e. The van der Waals surface area contributed by atoms with Crippen molar-refractivity contribution in [2.45, 2.75) is 25.9 Å². The third-order valence-corrected chi connectivity index (χ3v) is 2.43. The molecule has 0 spiro atoms. The van der Waals surface area contributed by atoms with E-state index < -0.39 is 0 Å². The number of ether oxygens (including phenoxy) is 1. The largest absolute Gasteiger partial charge is 0.478 e. The van der Waals surface area contributed by atoms with E-state index in [1.54, 1.807) is 0 Å². The highest BCUT2D eigenvalue weighted by Gasteiger charge is 2.04. The van der Waals surface area contributed by atoms with E-state index in [1.165, 1.54) is 0 Å². The molecule has 3 nitrogen and oxygen atoms in total. The zero-order valence-corrected chi connectivity index (χ0v) is 10.1. The Balaban J connectivity index is 2.57. The summed E-state index contributed by atoms with van der Waals surface area (Å²) in [5, 5.41) is 11.9. The van der Waals surface area contributed by atoms with Crippen LogP contribution in [0.4, 0.5) is 0 Å². The van der Waals surface area contributed by atoms with Gasteiger partial charge in [0, 0.05) is 18.2 Å². The van der Waals surface area contributed by atoms with E-state index in [1.807, 2.05) is 36.4 Å². The lowest BCUT2D eigenvalue weighted by molar-refractivity contribution is 0.361. The summed E-state index contributed by atoms with van der Waals surface area (Å²) < 4.78 is 5.36. The van der Waals surface area contributed by atoms with Gasteiger partial charge in [-0.15, -0.1) is 6.58 Å². The molecule has 1 atom stereocenters. The molecule has 0 amide bonds. The maximum atomic E-state index is 8.50. The van der Waals surface area contributed by atoms with Gasteiger partial charge in [0.25, 0.3) is 0 Å². The van der Waals surface area contributed by atoms with Crippen LogP contribution in [-0.4, -0.2) is 12.6 Å². The molecule has 0 aliphatic heterocycles. The van der Waals surface area contributed by atoms with Gasteiger partial charge >= 0.3 is 0 Å². The Morgan fingerprint density at radius 3 is 3.00 bits per heavy atom. The van der Waals surface area contributed by atoms with Gasteiger partial charge in [-0.05, 0) is 19.4 Å². The lowest BCUT2D eigenvalue weighted by Crippen LogP contribution is -2.24. The van der Waals surface area contributed by atoms with Crippen LogP contribution in [0.3, 0.4) is 0 Å². The molecule has 0 aromatic heterocycles. The van der Waals surface area contributed by atoms with Crippen LogP contribution in [0.15, 0.2) is 36.9 Å². The van der Waals surface area contributed by atoms with Crippen molar-refractivity contribution in [2.75, 3.05) is 6.61 Å². The average molecular weight is 230 g/mol. The van der Waals surface area contributed by atoms with Crippen LogP contribution in [0.5, 0.6) is 5.75 Å². The topological polar surface area (TPSA) is 45.0 Å². The Labute approximate surface area is 103 Å². The molecular weight excluding hydrogens is 212 g/mol. The van der Waals surface area contributed by atoms with Crippen LogP contribution in [0, 0.1) is 11.3 Å². The van der Waals surface area contributed by atoms with Gasteiger partial charge in [-0.3, -0.25) is 0 Å². The van der Waals surface area contributed by atoms with Gasteiger partial charge in [-0.1, -0.05) is 24.3 Å². The van der Waals surface area contributed by atoms with Crippen LogP contribution in [-0.2, 0) is 6.54 Å². The summed E-state index contributed by atoms with van der Waals surface area (Å²) in [6.45, 7) is 6.64. The Morgan fingerprint density at radius 2 is 2.29 bits per heavy atom. The van der Waals surface area contributed by atoms with E-state index >= 15 is 0 Å². The van der Waals surface area contributed by atoms with Crippen molar-refractivity contribution in [1.29, 1.82) is 5.26 Å². The van der Waals surface area contributed by atoms with Gasteiger partial charge in [-0.2, -0.15) is 5.26 Å². The first-order chi connectivity index (χ1) is 8.27. The van der Waals surface area contributed by atoms with Crippen LogP contribution in [0.1, 0.15) is 18.9 Å². The molecule has 0 saturated carbocycles. The monoisotopic (exact) mass is 230 g/mol. The minimum atomic E-state index is 0.0826. The smallest absolute Gasteiger partial charge is 0.174 e. The first-order valence-electron chi connectivity index (χ1n) is 5.70. The zero-order valence-electron chi connectivity index (χ0n) is 10.1. The van der Waals surface area contributed by atoms with Gasteiger partial charge in [0.2, 0.25) is 0 Å². The van der Waals surface area contributed by atoms with Crippen LogP contribution >= 0.6 is 0 Å². The van der Waals surface area contributed by atoms with E-state index in [2.05, 4.69) is 18.8 Å². The van der Waals surface area contributed by atoms with Gasteiger partial charge in [-0.25, -0.2) is 0 Å². The molecule has 0 bridgehead atoms. The number of benzene rings is 1. The molecule has 0 saturated heterocycles. The van der Waals surface area contributed by atoms with Crippen LogP contribution in [0.25, 0.3) is 0 Å². The summed E-state index contributed by atoms with van der Waals surface area (Å²) in [6.07, 6.45) is 2.83. The molecular formula is C14H18N2O. The molecule has 1 unspecified atom stereocenters. The highest BCUT2D eigenvalue weighted by molar-refractivity contribution is 5.33. The van der Waals surface area contributed by atoms with E-state index in [9.17, 15) is 0 Å². The summed E-state index contributed by atoms with van der Waals surface area (Å²) in [6, 6.07) is 10.1. The van der Waals surface area contributed by atoms with Crippen molar-refractivity contribution in [2.24, 2.45) is 0 Å². The Hall–Kier alpha value is -1.79. The maximum absolute atomic E-state index is 8.50. The molecule has 1 rings (SSSR count). The van der Waals surface area contributed by atoms with E-state index in [0.717, 1.165) is 24.3 Å². The van der Waals surface area contributed by atoms with Gasteiger partial charge in [0.1, 0.15) is 11.8 Å². The number of hydrogen-bond donors (Lipinski definition) is 1. The first kappa shape index (κ1) is 13.3. The predicted molar refractivity (Wildman–Crippen MR) is 68.7 cm³/mol. The summed E-state index contributed by atoms with van der Waals surface area (Å²) in [4.78, 5) is 0. The lowest BCUT2D eigenvalue weighted by Gasteiger charge is -2.14. The van der Waals surface area contributed by atoms with E-state index in [-0.39, 0.29) is 6.61 Å². The fourth-order valence-corrected chi connectivity index (χ4v) is 1.52. The molecule has 0 radical (unpaired) electrons. The average Bonchev–Trinajstić information content (AvgIpc) is 2.35. The van der Waals surface area contributed by atoms with Gasteiger partial charge < -0.3 is 10.1 Å². The number of rotatable bonds is 7. The number of para-hydroxylation sites is 1. The van der Waals surface area contributed by atoms with Crippen LogP contribution in [0.2, 0.25) is 0 Å². The number of hydrogen-bond acceptors (Lipinski definition) is 3. The molecule has 3 heteroatoms. The molecule has 1 N–H and O–H groups in total. The van der Waals surface area contributed by atoms with Gasteiger partial charge in [0.15, 0.2) is 6.61 Å². The summed E-state index contributed by atoms with van der Waals surface area (Å²) in [5.41, 5.74) is 1.07. The minimum Gasteiger partial charge on any atom is -0.478 e. The summed E-state index contributed by atoms with van der Waals surface area (Å²) in [5.74, 6) is 0.771. The predicted octanol–water partition coefficient (Wildman–Crippen LogP) is 2.64. The minimum absolute atomic E-state index is 0.0826. The number of nitrogens with zero attached hydrogens (tertiary/aromatic N) is 1. The van der Waals surface area contributed by atoms with E-state index in [4.69, 9.17) is 10.00 Å². The van der Waals surface area contributed by atoms with Crippen molar-refractivity contribution in [1.82, 2.24) is 5.32 Å². The second-order valence-electron chi connectivity index (χ2n) is 3.86. The first-order valence-corrected chi connectivity index (χ1v) is 5.70. The molecule has 0 heterocycles. The quantitative estimate of drug-likeness (QED) is 0.732. The van der Waals surface area contributed by atoms with Crippen molar-refractivity contribution < 1.29 is 4.74 Å². The molecule has 0 aliphatic rings. The second kappa shape index (κ2) is 7.48. The van der Waals surface area contributed by atoms with Gasteiger partial charge in [0.05, 0.1) is 0 Å². The molecule has 0 fully saturated rings. The van der Waals surface area contributed by atoms with Crippen molar-refractivity contribution in [3.63, 3.8) is 0 Å². The Bertz CT molecular complexity index is 395. The lowest BCUT2D eigenvalue weighted by atomic mass is 10.1. The normalized spacial score (nSPS) is 11.5. The third-order valence-electron chi connectivity index (χ3n) is 2.43. The standard InChI is InChI=1S/C14H18N2O/c1-3-6-12(2)16-11-13-7-4-5-8-14(13)17-10-9-15/h3-5,7-8,12,16H,1,6,10-11H2,2H3. The summed E-state index contributed by atoms with van der Waals surface area (Å²) >= 11 is 0. The zero-order chi connectivity index (χ0) is 12.5. The highest BCUT2D eigenvalue weighted by Crippen LogP contribution is 2.17. The second-order valence-corrected chi connectivity index (χ2v) is 3.86. The number of nitriles is 1. The SMILES string of the molecule is C=CCC(C)NCc1ccccc1OCC#N. The Morgan fingerprint density at radius 1 is 1.53 bits per heavy atom. The van der Waals surface area contributed by atoms with Crippen molar-refractivity contribution in [3.8, 4) is 11.8 Å². The molecule has 1 aromatic carbocycles. The molecule has 17 heavy (non-hydrogen) atoms. The van der Waals surface area contributed by atoms with Crippen LogP contribution < -0.4 is 10.1 Å². The fourth-order valence-electron chi connectivity index (χ4n) is 1.52. The third kappa shape index (κ3) is 4.71. The molecule has 1 aromatic rings. The highest BCUT2D eigenvalue weighted by atomic mass is 16.5.